The fourth-order valence-corrected chi connectivity index (χ4v) is 3.49. The first-order valence-electron chi connectivity index (χ1n) is 9.58. The summed E-state index contributed by atoms with van der Waals surface area (Å²) in [5.74, 6) is 1.09. The molecule has 0 N–H and O–H groups in total. The lowest BCUT2D eigenvalue weighted by atomic mass is 9.96. The van der Waals surface area contributed by atoms with E-state index in [0.29, 0.717) is 28.9 Å². The van der Waals surface area contributed by atoms with E-state index < -0.39 is 0 Å². The van der Waals surface area contributed by atoms with Gasteiger partial charge in [0.05, 0.1) is 11.1 Å². The number of rotatable bonds is 3. The molecule has 0 spiro atoms. The largest absolute Gasteiger partial charge is 0.339 e. The highest BCUT2D eigenvalue weighted by Gasteiger charge is 2.27. The normalized spacial score (nSPS) is 16.3. The summed E-state index contributed by atoms with van der Waals surface area (Å²) in [7, 11) is 1.92. The van der Waals surface area contributed by atoms with Crippen molar-refractivity contribution < 1.29 is 9.32 Å². The van der Waals surface area contributed by atoms with Crippen LogP contribution in [0.5, 0.6) is 0 Å². The van der Waals surface area contributed by atoms with Crippen molar-refractivity contribution in [1.82, 2.24) is 15.0 Å². The van der Waals surface area contributed by atoms with E-state index in [0.717, 1.165) is 12.8 Å². The third-order valence-electron chi connectivity index (χ3n) is 5.18. The van der Waals surface area contributed by atoms with Crippen molar-refractivity contribution in [1.29, 1.82) is 0 Å². The van der Waals surface area contributed by atoms with Crippen LogP contribution in [0.2, 0.25) is 0 Å². The molecule has 0 aliphatic heterocycles. The average molecular weight is 355 g/mol. The topological polar surface area (TPSA) is 59.2 Å². The van der Waals surface area contributed by atoms with Crippen LogP contribution in [0.1, 0.15) is 75.5 Å². The molecule has 2 aromatic rings. The van der Waals surface area contributed by atoms with Crippen LogP contribution in [0.3, 0.4) is 0 Å². The lowest BCUT2D eigenvalue weighted by molar-refractivity contribution is 0.0718. The number of amides is 1. The van der Waals surface area contributed by atoms with Crippen molar-refractivity contribution in [3.8, 4) is 11.5 Å². The Bertz CT molecular complexity index is 753. The average Bonchev–Trinajstić information content (AvgIpc) is 2.97. The fourth-order valence-electron chi connectivity index (χ4n) is 3.49. The Balaban J connectivity index is 1.89. The van der Waals surface area contributed by atoms with Gasteiger partial charge in [-0.1, -0.05) is 63.7 Å². The molecule has 1 aliphatic carbocycles. The zero-order chi connectivity index (χ0) is 18.7. The van der Waals surface area contributed by atoms with E-state index >= 15 is 0 Å². The second kappa shape index (κ2) is 7.60. The fraction of sp³-hybridized carbons (Fsp3) is 0.571. The summed E-state index contributed by atoms with van der Waals surface area (Å²) in [5.41, 5.74) is 1.14. The zero-order valence-electron chi connectivity index (χ0n) is 16.3. The van der Waals surface area contributed by atoms with E-state index in [9.17, 15) is 4.79 Å². The first-order chi connectivity index (χ1) is 12.4. The summed E-state index contributed by atoms with van der Waals surface area (Å²) in [4.78, 5) is 19.6. The predicted octanol–water partition coefficient (Wildman–Crippen LogP) is 4.83. The van der Waals surface area contributed by atoms with E-state index in [1.807, 2.05) is 57.0 Å². The Kier molecular flexibility index (Phi) is 5.44. The third kappa shape index (κ3) is 3.97. The van der Waals surface area contributed by atoms with E-state index in [1.54, 1.807) is 0 Å². The molecule has 1 amide bonds. The minimum absolute atomic E-state index is 0.0306. The maximum atomic E-state index is 13.2. The van der Waals surface area contributed by atoms with Crippen molar-refractivity contribution in [3.63, 3.8) is 0 Å². The quantitative estimate of drug-likeness (QED) is 0.740. The number of carbonyl (C=O) groups excluding carboxylic acids is 1. The predicted molar refractivity (Wildman–Crippen MR) is 102 cm³/mol. The van der Waals surface area contributed by atoms with Gasteiger partial charge in [0.2, 0.25) is 0 Å². The van der Waals surface area contributed by atoms with Crippen LogP contribution in [0.15, 0.2) is 28.8 Å². The van der Waals surface area contributed by atoms with Crippen LogP contribution in [0.25, 0.3) is 11.5 Å². The van der Waals surface area contributed by atoms with Gasteiger partial charge in [-0.3, -0.25) is 4.79 Å². The molecule has 140 valence electrons. The van der Waals surface area contributed by atoms with Gasteiger partial charge in [0.15, 0.2) is 5.82 Å². The Labute approximate surface area is 155 Å². The molecule has 5 heteroatoms. The maximum Gasteiger partial charge on any atom is 0.258 e. The third-order valence-corrected chi connectivity index (χ3v) is 5.18. The Morgan fingerprint density at radius 2 is 1.77 bits per heavy atom. The highest BCUT2D eigenvalue weighted by molar-refractivity contribution is 6.00. The molecule has 1 aliphatic rings. The van der Waals surface area contributed by atoms with Crippen LogP contribution < -0.4 is 0 Å². The number of aromatic nitrogens is 2. The van der Waals surface area contributed by atoms with Crippen LogP contribution >= 0.6 is 0 Å². The summed E-state index contributed by atoms with van der Waals surface area (Å²) in [5, 5.41) is 4.10. The lowest BCUT2D eigenvalue weighted by Crippen LogP contribution is -2.37. The molecule has 3 rings (SSSR count). The van der Waals surface area contributed by atoms with E-state index in [4.69, 9.17) is 4.52 Å². The monoisotopic (exact) mass is 355 g/mol. The zero-order valence-corrected chi connectivity index (χ0v) is 16.3. The van der Waals surface area contributed by atoms with Crippen molar-refractivity contribution >= 4 is 5.91 Å². The Hall–Kier alpha value is -2.17. The van der Waals surface area contributed by atoms with E-state index in [-0.39, 0.29) is 11.3 Å². The molecule has 5 nitrogen and oxygen atoms in total. The second-order valence-corrected chi connectivity index (χ2v) is 8.28. The number of hydrogen-bond donors (Lipinski definition) is 0. The van der Waals surface area contributed by atoms with Crippen LogP contribution in [-0.2, 0) is 5.41 Å². The highest BCUT2D eigenvalue weighted by atomic mass is 16.5. The Morgan fingerprint density at radius 1 is 1.12 bits per heavy atom. The first kappa shape index (κ1) is 18.6. The molecule has 1 aromatic heterocycles. The molecule has 1 saturated carbocycles. The summed E-state index contributed by atoms with van der Waals surface area (Å²) >= 11 is 0. The molecule has 0 atom stereocenters. The SMILES string of the molecule is CN(C(=O)c1ccccc1-c1nc(C(C)(C)C)no1)C1CCCCCC1. The van der Waals surface area contributed by atoms with Gasteiger partial charge in [-0.2, -0.15) is 4.98 Å². The molecule has 0 bridgehead atoms. The molecule has 0 saturated heterocycles. The summed E-state index contributed by atoms with van der Waals surface area (Å²) in [6.45, 7) is 6.12. The smallest absolute Gasteiger partial charge is 0.258 e. The van der Waals surface area contributed by atoms with Crippen molar-refractivity contribution in [2.45, 2.75) is 70.8 Å². The molecule has 26 heavy (non-hydrogen) atoms. The van der Waals surface area contributed by atoms with Gasteiger partial charge in [0.1, 0.15) is 0 Å². The van der Waals surface area contributed by atoms with Gasteiger partial charge in [-0.05, 0) is 25.0 Å². The number of hydrogen-bond acceptors (Lipinski definition) is 4. The molecule has 1 heterocycles. The number of benzene rings is 1. The molecule has 0 radical (unpaired) electrons. The number of nitrogens with zero attached hydrogens (tertiary/aromatic N) is 3. The first-order valence-corrected chi connectivity index (χ1v) is 9.58. The number of carbonyl (C=O) groups is 1. The second-order valence-electron chi connectivity index (χ2n) is 8.28. The summed E-state index contributed by atoms with van der Waals surface area (Å²) < 4.78 is 5.48. The van der Waals surface area contributed by atoms with Gasteiger partial charge in [0.25, 0.3) is 11.8 Å². The highest BCUT2D eigenvalue weighted by Crippen LogP contribution is 2.28. The van der Waals surface area contributed by atoms with Crippen molar-refractivity contribution in [3.05, 3.63) is 35.7 Å². The van der Waals surface area contributed by atoms with Gasteiger partial charge in [-0.25, -0.2) is 0 Å². The summed E-state index contributed by atoms with van der Waals surface area (Å²) in [6, 6.07) is 7.84. The minimum Gasteiger partial charge on any atom is -0.339 e. The van der Waals surface area contributed by atoms with Crippen LogP contribution in [0.4, 0.5) is 0 Å². The molecular formula is C21H29N3O2. The molecule has 1 aromatic carbocycles. The van der Waals surface area contributed by atoms with Crippen molar-refractivity contribution in [2.75, 3.05) is 7.05 Å². The maximum absolute atomic E-state index is 13.2. The lowest BCUT2D eigenvalue weighted by Gasteiger charge is -2.27. The van der Waals surface area contributed by atoms with Gasteiger partial charge < -0.3 is 9.42 Å². The van der Waals surface area contributed by atoms with Gasteiger partial charge in [-0.15, -0.1) is 0 Å². The van der Waals surface area contributed by atoms with Crippen LogP contribution in [0, 0.1) is 0 Å². The van der Waals surface area contributed by atoms with Crippen molar-refractivity contribution in [2.24, 2.45) is 0 Å². The van der Waals surface area contributed by atoms with Gasteiger partial charge in [0, 0.05) is 18.5 Å². The van der Waals surface area contributed by atoms with E-state index in [2.05, 4.69) is 10.1 Å². The minimum atomic E-state index is -0.197. The standard InChI is InChI=1S/C21H29N3O2/c1-21(2,3)20-22-18(26-23-20)16-13-9-10-14-17(16)19(25)24(4)15-11-7-5-6-8-12-15/h9-10,13-15H,5-8,11-12H2,1-4H3. The molecule has 1 fully saturated rings. The van der Waals surface area contributed by atoms with Crippen LogP contribution in [-0.4, -0.2) is 34.0 Å². The molecular weight excluding hydrogens is 326 g/mol. The Morgan fingerprint density at radius 3 is 2.38 bits per heavy atom. The van der Waals surface area contributed by atoms with Gasteiger partial charge >= 0.3 is 0 Å². The summed E-state index contributed by atoms with van der Waals surface area (Å²) in [6.07, 6.45) is 7.10. The van der Waals surface area contributed by atoms with E-state index in [1.165, 1.54) is 25.7 Å². The molecule has 0 unspecified atom stereocenters.